The molecule has 24 heavy (non-hydrogen) atoms. The molecular formula is C15H18BrN3O3S2. The highest BCUT2D eigenvalue weighted by Crippen LogP contribution is 2.21. The first-order valence-electron chi connectivity index (χ1n) is 7.03. The van der Waals surface area contributed by atoms with Crippen molar-refractivity contribution in [3.05, 3.63) is 45.1 Å². The van der Waals surface area contributed by atoms with Gasteiger partial charge >= 0.3 is 0 Å². The molecule has 0 aliphatic carbocycles. The number of carbonyl (C=O) groups is 1. The molecule has 3 N–H and O–H groups in total. The minimum Gasteiger partial charge on any atom is -0.325 e. The molecule has 130 valence electrons. The Balaban J connectivity index is 2.03. The first kappa shape index (κ1) is 19.1. The van der Waals surface area contributed by atoms with Gasteiger partial charge in [-0.25, -0.2) is 13.6 Å². The molecule has 0 aliphatic rings. The molecule has 0 saturated heterocycles. The number of nitrogens with one attached hydrogen (secondary N) is 1. The number of hydrogen-bond acceptors (Lipinski definition) is 5. The zero-order chi connectivity index (χ0) is 17.9. The number of rotatable bonds is 6. The molecule has 2 rings (SSSR count). The van der Waals surface area contributed by atoms with Crippen LogP contribution in [0.5, 0.6) is 0 Å². The second-order valence-corrected chi connectivity index (χ2v) is 8.86. The van der Waals surface area contributed by atoms with Crippen LogP contribution >= 0.6 is 27.3 Å². The Morgan fingerprint density at radius 2 is 2.12 bits per heavy atom. The van der Waals surface area contributed by atoms with Gasteiger partial charge in [0.2, 0.25) is 15.9 Å². The molecule has 2 aromatic rings. The second-order valence-electron chi connectivity index (χ2n) is 5.38. The van der Waals surface area contributed by atoms with Crippen LogP contribution in [-0.4, -0.2) is 32.3 Å². The van der Waals surface area contributed by atoms with Crippen molar-refractivity contribution < 1.29 is 13.2 Å². The number of nitrogens with zero attached hydrogens (tertiary/aromatic N) is 1. The van der Waals surface area contributed by atoms with Gasteiger partial charge in [-0.1, -0.05) is 6.07 Å². The van der Waals surface area contributed by atoms with Crippen LogP contribution in [0.25, 0.3) is 0 Å². The fourth-order valence-corrected chi connectivity index (χ4v) is 4.09. The van der Waals surface area contributed by atoms with Crippen LogP contribution in [0.3, 0.4) is 0 Å². The Hall–Kier alpha value is -1.26. The maximum absolute atomic E-state index is 12.4. The summed E-state index contributed by atoms with van der Waals surface area (Å²) in [6.45, 7) is 2.43. The summed E-state index contributed by atoms with van der Waals surface area (Å²) in [5.74, 6) is -0.223. The third kappa shape index (κ3) is 5.12. The number of likely N-dealkylation sites (N-methyl/N-ethyl adjacent to an activating group) is 1. The molecule has 1 atom stereocenters. The van der Waals surface area contributed by atoms with Crippen LogP contribution in [0.4, 0.5) is 5.69 Å². The topological polar surface area (TPSA) is 92.5 Å². The van der Waals surface area contributed by atoms with Crippen molar-refractivity contribution in [2.75, 3.05) is 12.4 Å². The summed E-state index contributed by atoms with van der Waals surface area (Å²) >= 11 is 5.02. The highest BCUT2D eigenvalue weighted by molar-refractivity contribution is 9.10. The van der Waals surface area contributed by atoms with E-state index in [2.05, 4.69) is 21.2 Å². The number of anilines is 1. The van der Waals surface area contributed by atoms with Gasteiger partial charge in [-0.15, -0.1) is 11.3 Å². The van der Waals surface area contributed by atoms with Gasteiger partial charge in [-0.2, -0.15) is 0 Å². The van der Waals surface area contributed by atoms with Gasteiger partial charge in [0.25, 0.3) is 0 Å². The number of nitrogens with two attached hydrogens (primary N) is 1. The third-order valence-corrected chi connectivity index (χ3v) is 6.09. The van der Waals surface area contributed by atoms with E-state index in [9.17, 15) is 13.2 Å². The van der Waals surface area contributed by atoms with Crippen LogP contribution in [0, 0.1) is 0 Å². The number of primary sulfonamides is 1. The van der Waals surface area contributed by atoms with E-state index in [1.54, 1.807) is 24.3 Å². The summed E-state index contributed by atoms with van der Waals surface area (Å²) < 4.78 is 23.8. The van der Waals surface area contributed by atoms with E-state index < -0.39 is 10.0 Å². The molecule has 1 aromatic carbocycles. The van der Waals surface area contributed by atoms with Crippen molar-refractivity contribution in [1.82, 2.24) is 4.90 Å². The lowest BCUT2D eigenvalue weighted by atomic mass is 10.2. The molecule has 1 unspecified atom stereocenters. The molecule has 0 bridgehead atoms. The summed E-state index contributed by atoms with van der Waals surface area (Å²) in [4.78, 5) is 15.4. The Labute approximate surface area is 153 Å². The van der Waals surface area contributed by atoms with Crippen molar-refractivity contribution >= 4 is 48.9 Å². The van der Waals surface area contributed by atoms with Crippen molar-refractivity contribution in [3.63, 3.8) is 0 Å². The zero-order valence-electron chi connectivity index (χ0n) is 13.2. The van der Waals surface area contributed by atoms with Crippen LogP contribution in [0.1, 0.15) is 11.8 Å². The Morgan fingerprint density at radius 1 is 1.42 bits per heavy atom. The predicted molar refractivity (Wildman–Crippen MR) is 99.4 cm³/mol. The van der Waals surface area contributed by atoms with Crippen molar-refractivity contribution in [1.29, 1.82) is 0 Å². The van der Waals surface area contributed by atoms with Gasteiger partial charge < -0.3 is 5.32 Å². The average molecular weight is 432 g/mol. The van der Waals surface area contributed by atoms with E-state index in [-0.39, 0.29) is 16.8 Å². The van der Waals surface area contributed by atoms with Crippen LogP contribution in [0.2, 0.25) is 0 Å². The van der Waals surface area contributed by atoms with Gasteiger partial charge in [0, 0.05) is 27.0 Å². The molecule has 0 fully saturated rings. The number of hydrogen-bond donors (Lipinski definition) is 2. The summed E-state index contributed by atoms with van der Waals surface area (Å²) in [6, 6.07) is 7.51. The number of sulfonamides is 1. The smallest absolute Gasteiger partial charge is 0.241 e. The molecule has 6 nitrogen and oxygen atoms in total. The fraction of sp³-hybridized carbons (Fsp3) is 0.267. The molecule has 1 amide bonds. The highest BCUT2D eigenvalue weighted by Gasteiger charge is 2.19. The molecule has 9 heteroatoms. The Bertz CT molecular complexity index is 836. The average Bonchev–Trinajstić information content (AvgIpc) is 2.90. The summed E-state index contributed by atoms with van der Waals surface area (Å²) in [5, 5.41) is 9.81. The maximum atomic E-state index is 12.4. The van der Waals surface area contributed by atoms with E-state index in [1.807, 2.05) is 23.4 Å². The van der Waals surface area contributed by atoms with Crippen LogP contribution < -0.4 is 10.5 Å². The SMILES string of the molecule is CC(C(=O)Nc1cccc(S(N)(=O)=O)c1)N(C)Cc1cc(Br)cs1. The summed E-state index contributed by atoms with van der Waals surface area (Å²) in [6.07, 6.45) is 0. The lowest BCUT2D eigenvalue weighted by Gasteiger charge is -2.23. The molecule has 1 heterocycles. The molecular weight excluding hydrogens is 414 g/mol. The minimum absolute atomic E-state index is 0.0373. The number of thiophene rings is 1. The maximum Gasteiger partial charge on any atom is 0.241 e. The monoisotopic (exact) mass is 431 g/mol. The van der Waals surface area contributed by atoms with Crippen LogP contribution in [-0.2, 0) is 21.4 Å². The predicted octanol–water partition coefficient (Wildman–Crippen LogP) is 2.62. The standard InChI is InChI=1S/C15H18BrN3O3S2/c1-10(19(2)8-13-6-11(16)9-23-13)15(20)18-12-4-3-5-14(7-12)24(17,21)22/h3-7,9-10H,8H2,1-2H3,(H,18,20)(H2,17,21,22). The first-order chi connectivity index (χ1) is 11.2. The Morgan fingerprint density at radius 3 is 2.71 bits per heavy atom. The number of carbonyl (C=O) groups excluding carboxylic acids is 1. The van der Waals surface area contributed by atoms with Gasteiger partial charge in [-0.3, -0.25) is 9.69 Å². The number of benzene rings is 1. The summed E-state index contributed by atoms with van der Waals surface area (Å²) in [5.41, 5.74) is 0.394. The van der Waals surface area contributed by atoms with E-state index in [4.69, 9.17) is 5.14 Å². The van der Waals surface area contributed by atoms with Crippen molar-refractivity contribution in [3.8, 4) is 0 Å². The quantitative estimate of drug-likeness (QED) is 0.734. The Kier molecular flexibility index (Phi) is 6.16. The lowest BCUT2D eigenvalue weighted by molar-refractivity contribution is -0.120. The highest BCUT2D eigenvalue weighted by atomic mass is 79.9. The zero-order valence-corrected chi connectivity index (χ0v) is 16.4. The lowest BCUT2D eigenvalue weighted by Crippen LogP contribution is -2.39. The second kappa shape index (κ2) is 7.75. The number of amides is 1. The van der Waals surface area contributed by atoms with Gasteiger partial charge in [0.1, 0.15) is 0 Å². The summed E-state index contributed by atoms with van der Waals surface area (Å²) in [7, 11) is -1.94. The van der Waals surface area contributed by atoms with E-state index in [1.165, 1.54) is 18.2 Å². The first-order valence-corrected chi connectivity index (χ1v) is 10.3. The molecule has 0 aliphatic heterocycles. The number of halogens is 1. The van der Waals surface area contributed by atoms with Crippen molar-refractivity contribution in [2.24, 2.45) is 5.14 Å². The van der Waals surface area contributed by atoms with Gasteiger partial charge in [0.15, 0.2) is 0 Å². The largest absolute Gasteiger partial charge is 0.325 e. The van der Waals surface area contributed by atoms with Crippen molar-refractivity contribution in [2.45, 2.75) is 24.4 Å². The van der Waals surface area contributed by atoms with E-state index in [0.29, 0.717) is 12.2 Å². The van der Waals surface area contributed by atoms with Gasteiger partial charge in [0.05, 0.1) is 10.9 Å². The third-order valence-electron chi connectivity index (χ3n) is 3.50. The normalized spacial score (nSPS) is 13.0. The molecule has 0 spiro atoms. The molecule has 0 saturated carbocycles. The fourth-order valence-electron chi connectivity index (χ4n) is 2.02. The van der Waals surface area contributed by atoms with E-state index in [0.717, 1.165) is 9.35 Å². The van der Waals surface area contributed by atoms with Gasteiger partial charge in [-0.05, 0) is 54.2 Å². The minimum atomic E-state index is -3.80. The molecule has 0 radical (unpaired) electrons. The van der Waals surface area contributed by atoms with E-state index >= 15 is 0 Å². The van der Waals surface area contributed by atoms with Crippen LogP contribution in [0.15, 0.2) is 45.1 Å². The molecule has 1 aromatic heterocycles.